The van der Waals surface area contributed by atoms with Crippen molar-refractivity contribution in [1.29, 1.82) is 5.26 Å². The number of benzene rings is 2. The number of carbonyl (C=O) groups excluding carboxylic acids is 1. The number of aryl methyl sites for hydroxylation is 1. The molecule has 2 heterocycles. The average molecular weight is 471 g/mol. The number of nitrogens with zero attached hydrogens (tertiary/aromatic N) is 4. The first kappa shape index (κ1) is 24.2. The summed E-state index contributed by atoms with van der Waals surface area (Å²) in [4.78, 5) is 33.2. The molecule has 3 aromatic rings. The highest BCUT2D eigenvalue weighted by Crippen LogP contribution is 2.29. The molecule has 180 valence electrons. The predicted molar refractivity (Wildman–Crippen MR) is 133 cm³/mol. The highest BCUT2D eigenvalue weighted by molar-refractivity contribution is 5.96. The summed E-state index contributed by atoms with van der Waals surface area (Å²) in [6.45, 7) is 4.88. The standard InChI is InChI=1S/C28H30N4O3/c1-3-4-13-24-30-26(33)25(27(34)31-15-14-23(18-31)21-10-6-5-7-11-21)28(35)32(24)19(2)22-12-8-9-20(16-22)17-29/h5-12,16,19,23,33H,3-4,13-15,18H2,1-2H3/t19-,23-/m0/s1. The highest BCUT2D eigenvalue weighted by atomic mass is 16.3. The molecule has 1 fully saturated rings. The van der Waals surface area contributed by atoms with Gasteiger partial charge in [-0.15, -0.1) is 0 Å². The topological polar surface area (TPSA) is 99.2 Å². The lowest BCUT2D eigenvalue weighted by atomic mass is 9.99. The zero-order chi connectivity index (χ0) is 24.9. The molecule has 0 radical (unpaired) electrons. The molecule has 1 aromatic heterocycles. The molecule has 1 saturated heterocycles. The number of hydrogen-bond donors (Lipinski definition) is 1. The summed E-state index contributed by atoms with van der Waals surface area (Å²) in [6.07, 6.45) is 2.97. The molecule has 1 aliphatic rings. The van der Waals surface area contributed by atoms with E-state index in [0.29, 0.717) is 30.9 Å². The molecule has 0 bridgehead atoms. The largest absolute Gasteiger partial charge is 0.493 e. The van der Waals surface area contributed by atoms with Crippen LogP contribution >= 0.6 is 0 Å². The van der Waals surface area contributed by atoms with E-state index in [9.17, 15) is 20.0 Å². The summed E-state index contributed by atoms with van der Waals surface area (Å²) in [7, 11) is 0. The summed E-state index contributed by atoms with van der Waals surface area (Å²) in [5.74, 6) is -0.381. The van der Waals surface area contributed by atoms with Crippen molar-refractivity contribution in [3.8, 4) is 11.9 Å². The van der Waals surface area contributed by atoms with Gasteiger partial charge in [-0.1, -0.05) is 55.8 Å². The maximum Gasteiger partial charge on any atom is 0.270 e. The minimum absolute atomic E-state index is 0.189. The molecule has 0 saturated carbocycles. The summed E-state index contributed by atoms with van der Waals surface area (Å²) in [6, 6.07) is 18.7. The molecule has 1 aliphatic heterocycles. The lowest BCUT2D eigenvalue weighted by molar-refractivity contribution is 0.0783. The summed E-state index contributed by atoms with van der Waals surface area (Å²) >= 11 is 0. The molecule has 7 nitrogen and oxygen atoms in total. The molecule has 0 spiro atoms. The molecule has 0 aliphatic carbocycles. The van der Waals surface area contributed by atoms with Gasteiger partial charge in [-0.05, 0) is 43.0 Å². The van der Waals surface area contributed by atoms with Crippen LogP contribution in [0.15, 0.2) is 59.4 Å². The first-order valence-electron chi connectivity index (χ1n) is 12.1. The fourth-order valence-corrected chi connectivity index (χ4v) is 4.78. The second kappa shape index (κ2) is 10.6. The molecular formula is C28H30N4O3. The van der Waals surface area contributed by atoms with Gasteiger partial charge in [-0.25, -0.2) is 0 Å². The van der Waals surface area contributed by atoms with Crippen molar-refractivity contribution in [3.63, 3.8) is 0 Å². The molecule has 4 rings (SSSR count). The normalized spacial score (nSPS) is 16.1. The van der Waals surface area contributed by atoms with Crippen LogP contribution in [0.3, 0.4) is 0 Å². The molecule has 35 heavy (non-hydrogen) atoms. The van der Waals surface area contributed by atoms with Gasteiger partial charge in [0.25, 0.3) is 11.5 Å². The number of rotatable bonds is 7. The van der Waals surface area contributed by atoms with Crippen LogP contribution in [0, 0.1) is 11.3 Å². The van der Waals surface area contributed by atoms with Crippen LogP contribution in [0.2, 0.25) is 0 Å². The van der Waals surface area contributed by atoms with Crippen molar-refractivity contribution >= 4 is 5.91 Å². The number of carbonyl (C=O) groups is 1. The minimum atomic E-state index is -0.549. The minimum Gasteiger partial charge on any atom is -0.493 e. The van der Waals surface area contributed by atoms with Crippen LogP contribution in [-0.2, 0) is 6.42 Å². The molecule has 2 aromatic carbocycles. The predicted octanol–water partition coefficient (Wildman–Crippen LogP) is 4.40. The number of likely N-dealkylation sites (tertiary alicyclic amines) is 1. The SMILES string of the molecule is CCCCc1nc(O)c(C(=O)N2CC[C@H](c3ccccc3)C2)c(=O)n1[C@@H](C)c1cccc(C#N)c1. The lowest BCUT2D eigenvalue weighted by Crippen LogP contribution is -2.38. The Morgan fingerprint density at radius 1 is 1.23 bits per heavy atom. The fourth-order valence-electron chi connectivity index (χ4n) is 4.78. The Balaban J connectivity index is 1.72. The first-order valence-corrected chi connectivity index (χ1v) is 12.1. The monoisotopic (exact) mass is 470 g/mol. The highest BCUT2D eigenvalue weighted by Gasteiger charge is 2.33. The van der Waals surface area contributed by atoms with Crippen molar-refractivity contribution in [2.24, 2.45) is 0 Å². The van der Waals surface area contributed by atoms with Crippen LogP contribution < -0.4 is 5.56 Å². The van der Waals surface area contributed by atoms with Crippen LogP contribution in [-0.4, -0.2) is 38.6 Å². The number of unbranched alkanes of at least 4 members (excludes halogenated alkanes) is 1. The molecule has 7 heteroatoms. The van der Waals surface area contributed by atoms with E-state index >= 15 is 0 Å². The average Bonchev–Trinajstić information content (AvgIpc) is 3.38. The quantitative estimate of drug-likeness (QED) is 0.552. The zero-order valence-electron chi connectivity index (χ0n) is 20.1. The zero-order valence-corrected chi connectivity index (χ0v) is 20.1. The summed E-state index contributed by atoms with van der Waals surface area (Å²) in [5.41, 5.74) is 1.57. The Bertz CT molecular complexity index is 1310. The molecular weight excluding hydrogens is 440 g/mol. The van der Waals surface area contributed by atoms with Gasteiger partial charge in [-0.2, -0.15) is 10.2 Å². The summed E-state index contributed by atoms with van der Waals surface area (Å²) < 4.78 is 1.50. The Morgan fingerprint density at radius 2 is 2.00 bits per heavy atom. The van der Waals surface area contributed by atoms with Crippen LogP contribution in [0.5, 0.6) is 5.88 Å². The van der Waals surface area contributed by atoms with E-state index in [1.165, 1.54) is 4.57 Å². The van der Waals surface area contributed by atoms with Crippen molar-refractivity contribution in [2.45, 2.75) is 51.5 Å². The van der Waals surface area contributed by atoms with Crippen LogP contribution in [0.4, 0.5) is 0 Å². The Labute approximate surface area is 205 Å². The third kappa shape index (κ3) is 4.97. The van der Waals surface area contributed by atoms with Gasteiger partial charge in [-0.3, -0.25) is 14.2 Å². The molecule has 0 unspecified atom stereocenters. The van der Waals surface area contributed by atoms with Crippen molar-refractivity contribution in [1.82, 2.24) is 14.5 Å². The van der Waals surface area contributed by atoms with Crippen molar-refractivity contribution in [2.75, 3.05) is 13.1 Å². The second-order valence-electron chi connectivity index (χ2n) is 9.07. The number of aromatic hydroxyl groups is 1. The van der Waals surface area contributed by atoms with Gasteiger partial charge in [0.15, 0.2) is 5.56 Å². The van der Waals surface area contributed by atoms with Gasteiger partial charge in [0.2, 0.25) is 5.88 Å². The fraction of sp³-hybridized carbons (Fsp3) is 0.357. The molecule has 2 atom stereocenters. The molecule has 1 amide bonds. The second-order valence-corrected chi connectivity index (χ2v) is 9.07. The van der Waals surface area contributed by atoms with Gasteiger partial charge in [0.05, 0.1) is 17.7 Å². The van der Waals surface area contributed by atoms with Gasteiger partial charge in [0, 0.05) is 25.4 Å². The number of hydrogen-bond acceptors (Lipinski definition) is 5. The van der Waals surface area contributed by atoms with Gasteiger partial charge in [0.1, 0.15) is 5.82 Å². The maximum atomic E-state index is 13.7. The lowest BCUT2D eigenvalue weighted by Gasteiger charge is -2.23. The van der Waals surface area contributed by atoms with Crippen molar-refractivity contribution < 1.29 is 9.90 Å². The van der Waals surface area contributed by atoms with Gasteiger partial charge < -0.3 is 10.0 Å². The van der Waals surface area contributed by atoms with Gasteiger partial charge >= 0.3 is 0 Å². The Hall–Kier alpha value is -3.92. The molecule has 1 N–H and O–H groups in total. The smallest absolute Gasteiger partial charge is 0.270 e. The van der Waals surface area contributed by atoms with E-state index in [1.54, 1.807) is 23.1 Å². The number of aromatic nitrogens is 2. The van der Waals surface area contributed by atoms with E-state index in [-0.39, 0.29) is 11.5 Å². The van der Waals surface area contributed by atoms with Crippen LogP contribution in [0.1, 0.15) is 77.9 Å². The van der Waals surface area contributed by atoms with E-state index in [0.717, 1.165) is 30.4 Å². The van der Waals surface area contributed by atoms with E-state index in [2.05, 4.69) is 11.1 Å². The summed E-state index contributed by atoms with van der Waals surface area (Å²) in [5, 5.41) is 20.0. The van der Waals surface area contributed by atoms with E-state index in [1.807, 2.05) is 50.2 Å². The van der Waals surface area contributed by atoms with E-state index < -0.39 is 23.4 Å². The number of amides is 1. The van der Waals surface area contributed by atoms with Crippen molar-refractivity contribution in [3.05, 3.63) is 93.0 Å². The maximum absolute atomic E-state index is 13.7. The Morgan fingerprint density at radius 3 is 2.71 bits per heavy atom. The van der Waals surface area contributed by atoms with Crippen LogP contribution in [0.25, 0.3) is 0 Å². The Kier molecular flexibility index (Phi) is 7.31. The third-order valence-corrected chi connectivity index (χ3v) is 6.77. The van der Waals surface area contributed by atoms with E-state index in [4.69, 9.17) is 0 Å². The number of nitriles is 1. The first-order chi connectivity index (χ1) is 16.9. The third-order valence-electron chi connectivity index (χ3n) is 6.77.